The van der Waals surface area contributed by atoms with Gasteiger partial charge < -0.3 is 39.5 Å². The van der Waals surface area contributed by atoms with E-state index in [-0.39, 0.29) is 40.9 Å². The number of carbonyl (C=O) groups excluding carboxylic acids is 2. The number of thiazole rings is 1. The smallest absolute Gasteiger partial charge is 0.319 e. The molecule has 7 aromatic rings. The number of aromatic nitrogens is 5. The minimum atomic E-state index is -0.604. The molecule has 1 aliphatic carbocycles. The maximum atomic E-state index is 14.3. The molecule has 2 bridgehead atoms. The highest BCUT2D eigenvalue weighted by Gasteiger charge is 2.41. The number of aromatic hydroxyl groups is 1. The van der Waals surface area contributed by atoms with Crippen LogP contribution in [0, 0.1) is 18.3 Å². The number of fused-ring (bicyclic) bond motifs is 6. The number of hydrogen-bond acceptors (Lipinski definition) is 15. The predicted octanol–water partition coefficient (Wildman–Crippen LogP) is 9.93. The fourth-order valence-electron chi connectivity index (χ4n) is 13.0. The number of phenolic OH excluding ortho intramolecular Hbond substituents is 1. The van der Waals surface area contributed by atoms with Crippen LogP contribution in [-0.2, 0) is 9.59 Å². The third-order valence-corrected chi connectivity index (χ3v) is 18.4. The van der Waals surface area contributed by atoms with Gasteiger partial charge in [-0.3, -0.25) is 19.5 Å². The lowest BCUT2D eigenvalue weighted by atomic mass is 9.78. The normalized spacial score (nSPS) is 21.6. The Bertz CT molecular complexity index is 3320. The van der Waals surface area contributed by atoms with Crippen molar-refractivity contribution in [3.63, 3.8) is 0 Å². The van der Waals surface area contributed by atoms with Crippen LogP contribution in [0.1, 0.15) is 126 Å². The quantitative estimate of drug-likeness (QED) is 0.0831. The largest absolute Gasteiger partial charge is 0.508 e. The van der Waals surface area contributed by atoms with Gasteiger partial charge >= 0.3 is 6.01 Å². The number of carbonyl (C=O) groups is 2. The molecule has 2 amide bonds. The van der Waals surface area contributed by atoms with Crippen LogP contribution in [0.15, 0.2) is 76.9 Å². The van der Waals surface area contributed by atoms with Gasteiger partial charge in [0.05, 0.1) is 45.3 Å². The van der Waals surface area contributed by atoms with Crippen molar-refractivity contribution in [1.82, 2.24) is 45.5 Å². The Morgan fingerprint density at radius 3 is 2.51 bits per heavy atom. The van der Waals surface area contributed by atoms with E-state index in [4.69, 9.17) is 28.9 Å². The molecule has 3 N–H and O–H groups in total. The van der Waals surface area contributed by atoms with Gasteiger partial charge in [0.15, 0.2) is 5.76 Å². The van der Waals surface area contributed by atoms with E-state index in [1.54, 1.807) is 22.3 Å². The first-order valence-corrected chi connectivity index (χ1v) is 28.7. The molecule has 402 valence electrons. The number of pyridine rings is 1. The number of hydrogen-bond donors (Lipinski definition) is 3. The number of piperazine rings is 1. The number of nitrogens with one attached hydrogen (secondary N) is 2. The highest BCUT2D eigenvalue weighted by Crippen LogP contribution is 2.49. The lowest BCUT2D eigenvalue weighted by Gasteiger charge is -2.39. The molecule has 4 saturated heterocycles. The Balaban J connectivity index is 0.651. The molecule has 3 unspecified atom stereocenters. The van der Waals surface area contributed by atoms with Gasteiger partial charge in [-0.05, 0) is 128 Å². The number of ether oxygens (including phenoxy) is 2. The second-order valence-corrected chi connectivity index (χ2v) is 23.9. The molecular weight excluding hydrogens is 989 g/mol. The van der Waals surface area contributed by atoms with E-state index < -0.39 is 12.0 Å². The van der Waals surface area contributed by atoms with Gasteiger partial charge in [0.1, 0.15) is 30.1 Å². The Morgan fingerprint density at radius 1 is 0.961 bits per heavy atom. The molecular formula is C60H70N10O6S. The third-order valence-electron chi connectivity index (χ3n) is 17.4. The number of aryl methyl sites for hydroxylation is 1. The molecule has 6 atom stereocenters. The molecule has 8 heterocycles. The van der Waals surface area contributed by atoms with Crippen molar-refractivity contribution < 1.29 is 28.7 Å². The van der Waals surface area contributed by atoms with Crippen LogP contribution in [-0.4, -0.2) is 122 Å². The summed E-state index contributed by atoms with van der Waals surface area (Å²) in [5, 5.41) is 25.1. The lowest BCUT2D eigenvalue weighted by molar-refractivity contribution is -0.141. The van der Waals surface area contributed by atoms with Crippen LogP contribution in [0.25, 0.3) is 43.4 Å². The van der Waals surface area contributed by atoms with Crippen LogP contribution in [0.5, 0.6) is 17.6 Å². The highest BCUT2D eigenvalue weighted by molar-refractivity contribution is 7.13. The van der Waals surface area contributed by atoms with Crippen LogP contribution in [0.3, 0.4) is 0 Å². The monoisotopic (exact) mass is 1060 g/mol. The van der Waals surface area contributed by atoms with Crippen LogP contribution >= 0.6 is 11.3 Å². The minimum Gasteiger partial charge on any atom is -0.508 e. The van der Waals surface area contributed by atoms with Crippen molar-refractivity contribution in [2.75, 3.05) is 57.4 Å². The average Bonchev–Trinajstić information content (AvgIpc) is 4.36. The molecule has 0 spiro atoms. The maximum absolute atomic E-state index is 14.3. The van der Waals surface area contributed by atoms with Crippen molar-refractivity contribution >= 4 is 50.6 Å². The van der Waals surface area contributed by atoms with Gasteiger partial charge in [-0.15, -0.1) is 11.3 Å². The Hall–Kier alpha value is -6.69. The summed E-state index contributed by atoms with van der Waals surface area (Å²) >= 11 is 1.62. The zero-order valence-electron chi connectivity index (χ0n) is 45.1. The molecule has 3 aromatic carbocycles. The number of likely N-dealkylation sites (tertiary alicyclic amines) is 2. The predicted molar refractivity (Wildman–Crippen MR) is 299 cm³/mol. The van der Waals surface area contributed by atoms with Gasteiger partial charge in [-0.25, -0.2) is 4.98 Å². The summed E-state index contributed by atoms with van der Waals surface area (Å²) in [7, 11) is 0. The first kappa shape index (κ1) is 51.1. The van der Waals surface area contributed by atoms with E-state index in [2.05, 4.69) is 74.8 Å². The van der Waals surface area contributed by atoms with Crippen molar-refractivity contribution in [3.05, 3.63) is 101 Å². The summed E-state index contributed by atoms with van der Waals surface area (Å²) in [6.07, 6.45) is 8.48. The minimum absolute atomic E-state index is 0.0207. The molecule has 16 nitrogen and oxygen atoms in total. The number of nitrogens with zero attached hydrogens (tertiary/aromatic N) is 8. The van der Waals surface area contributed by atoms with Gasteiger partial charge in [0, 0.05) is 67.6 Å². The first-order chi connectivity index (χ1) is 37.3. The third kappa shape index (κ3) is 9.99. The SMILES string of the molecule is Cc1ncsc1-c1ccc([C@H](C)NC(=O)[C@@H]2CCCN2C(=O)[C@@H](c2cc(OCCC3(C)CCN(CCOc4nc(N5CC6CCC(C5)N6)c5cnc6c(c5n4)C(C)c4cccc5cc(O)cc-6c45)CC3)no2)C(C)C)cc1. The van der Waals surface area contributed by atoms with E-state index >= 15 is 0 Å². The van der Waals surface area contributed by atoms with Crippen LogP contribution in [0.4, 0.5) is 5.82 Å². The van der Waals surface area contributed by atoms with Crippen LogP contribution in [0.2, 0.25) is 0 Å². The second kappa shape index (κ2) is 20.9. The number of piperidine rings is 1. The molecule has 5 aliphatic rings. The summed E-state index contributed by atoms with van der Waals surface area (Å²) in [6, 6.07) is 20.4. The topological polar surface area (TPSA) is 184 Å². The Labute approximate surface area is 454 Å². The van der Waals surface area contributed by atoms with Crippen molar-refractivity contribution in [2.45, 2.75) is 122 Å². The first-order valence-electron chi connectivity index (χ1n) is 27.8. The lowest BCUT2D eigenvalue weighted by Crippen LogP contribution is -2.51. The van der Waals surface area contributed by atoms with Crippen molar-refractivity contribution in [3.8, 4) is 39.3 Å². The molecule has 0 radical (unpaired) electrons. The summed E-state index contributed by atoms with van der Waals surface area (Å²) in [6.45, 7) is 18.4. The fourth-order valence-corrected chi connectivity index (χ4v) is 13.8. The number of rotatable bonds is 16. The molecule has 77 heavy (non-hydrogen) atoms. The molecule has 17 heteroatoms. The molecule has 4 aromatic heterocycles. The van der Waals surface area contributed by atoms with E-state index in [0.29, 0.717) is 55.9 Å². The van der Waals surface area contributed by atoms with E-state index in [1.807, 2.05) is 63.7 Å². The number of benzene rings is 3. The Morgan fingerprint density at radius 2 is 1.75 bits per heavy atom. The number of anilines is 1. The second-order valence-electron chi connectivity index (χ2n) is 23.0. The number of phenols is 1. The van der Waals surface area contributed by atoms with Gasteiger partial charge in [-0.1, -0.05) is 70.2 Å². The Kier molecular flexibility index (Phi) is 13.9. The van der Waals surface area contributed by atoms with Gasteiger partial charge in [0.2, 0.25) is 11.8 Å². The zero-order chi connectivity index (χ0) is 53.1. The van der Waals surface area contributed by atoms with Crippen molar-refractivity contribution in [1.29, 1.82) is 0 Å². The maximum Gasteiger partial charge on any atom is 0.319 e. The molecule has 12 rings (SSSR count). The summed E-state index contributed by atoms with van der Waals surface area (Å²) in [5.74, 6) is 0.966. The van der Waals surface area contributed by atoms with Gasteiger partial charge in [0.25, 0.3) is 5.88 Å². The molecule has 4 fully saturated rings. The van der Waals surface area contributed by atoms with E-state index in [1.165, 1.54) is 5.56 Å². The summed E-state index contributed by atoms with van der Waals surface area (Å²) < 4.78 is 18.6. The number of amides is 2. The highest BCUT2D eigenvalue weighted by atomic mass is 32.1. The van der Waals surface area contributed by atoms with Gasteiger partial charge in [-0.2, -0.15) is 9.97 Å². The summed E-state index contributed by atoms with van der Waals surface area (Å²) in [5.41, 5.74) is 9.91. The summed E-state index contributed by atoms with van der Waals surface area (Å²) in [4.78, 5) is 55.7. The fraction of sp³-hybridized carbons (Fsp3) is 0.483. The van der Waals surface area contributed by atoms with E-state index in [9.17, 15) is 14.7 Å². The zero-order valence-corrected chi connectivity index (χ0v) is 45.9. The average molecular weight is 1060 g/mol. The van der Waals surface area contributed by atoms with E-state index in [0.717, 1.165) is 137 Å². The van der Waals surface area contributed by atoms with Crippen molar-refractivity contribution in [2.24, 2.45) is 11.3 Å². The van der Waals surface area contributed by atoms with Crippen LogP contribution < -0.4 is 25.0 Å². The molecule has 4 aliphatic heterocycles. The molecule has 0 saturated carbocycles. The standard InChI is InChI=1S/C60H70N10O6S/c1-34(2)50(58(73)70-21-8-11-47(70)57(72)63-36(4)38-12-14-39(15-13-38)55-37(5)62-33-77-55)48-29-49(67-76-48)74-25-20-60(6)18-22-68(23-19-60)24-26-75-59-65-54-46(56(66-59)69-31-41-16-17-42(32-69)64-41)30-61-53-45-28-43(71)27-40-9-7-10-44(52(40)45)35(3)51(53)54/h7,9-10,12-15,27-30,33-36,41-42,47,50,64,71H,8,11,16-26,31-32H2,1-6H3,(H,63,72)/t35?,36-,41?,42?,47-,50+/m0/s1.